The molecule has 0 saturated carbocycles. The van der Waals surface area contributed by atoms with Crippen molar-refractivity contribution in [2.45, 2.75) is 51.5 Å². The maximum absolute atomic E-state index is 12.4. The summed E-state index contributed by atoms with van der Waals surface area (Å²) in [5, 5.41) is 0. The molecule has 0 unspecified atom stereocenters. The van der Waals surface area contributed by atoms with E-state index in [0.29, 0.717) is 31.6 Å². The summed E-state index contributed by atoms with van der Waals surface area (Å²) >= 11 is 0. The van der Waals surface area contributed by atoms with Crippen LogP contribution < -0.4 is 5.73 Å². The predicted octanol–water partition coefficient (Wildman–Crippen LogP) is 1.13. The summed E-state index contributed by atoms with van der Waals surface area (Å²) in [5.74, 6) is -1.29. The highest BCUT2D eigenvalue weighted by Crippen LogP contribution is 2.20. The van der Waals surface area contributed by atoms with E-state index in [9.17, 15) is 14.4 Å². The summed E-state index contributed by atoms with van der Waals surface area (Å²) in [6.07, 6.45) is -1.01. The van der Waals surface area contributed by atoms with Gasteiger partial charge in [-0.2, -0.15) is 0 Å². The Morgan fingerprint density at radius 1 is 1.11 bits per heavy atom. The van der Waals surface area contributed by atoms with E-state index in [1.54, 1.807) is 30.3 Å². The third-order valence-corrected chi connectivity index (χ3v) is 4.48. The molecule has 2 N–H and O–H groups in total. The largest absolute Gasteiger partial charge is 0.463 e. The van der Waals surface area contributed by atoms with Crippen LogP contribution in [0.25, 0.3) is 0 Å². The van der Waals surface area contributed by atoms with Gasteiger partial charge >= 0.3 is 17.9 Å². The molecule has 28 heavy (non-hydrogen) atoms. The highest BCUT2D eigenvalue weighted by molar-refractivity contribution is 5.89. The van der Waals surface area contributed by atoms with Crippen molar-refractivity contribution in [3.05, 3.63) is 35.9 Å². The van der Waals surface area contributed by atoms with E-state index in [-0.39, 0.29) is 12.1 Å². The van der Waals surface area contributed by atoms with Crippen LogP contribution in [-0.4, -0.2) is 66.8 Å². The van der Waals surface area contributed by atoms with Crippen LogP contribution >= 0.6 is 0 Å². The molecule has 0 aromatic heterocycles. The summed E-state index contributed by atoms with van der Waals surface area (Å²) < 4.78 is 16.1. The average Bonchev–Trinajstić information content (AvgIpc) is 2.62. The molecule has 0 radical (unpaired) electrons. The Morgan fingerprint density at radius 2 is 1.79 bits per heavy atom. The van der Waals surface area contributed by atoms with Crippen LogP contribution in [0.2, 0.25) is 0 Å². The zero-order valence-corrected chi connectivity index (χ0v) is 16.5. The third kappa shape index (κ3) is 6.61. The second-order valence-electron chi connectivity index (χ2n) is 7.02. The number of likely N-dealkylation sites (tertiary alicyclic amines) is 1. The first kappa shape index (κ1) is 21.8. The first-order valence-electron chi connectivity index (χ1n) is 9.34. The number of ether oxygens (including phenoxy) is 3. The molecule has 8 heteroatoms. The molecule has 0 spiro atoms. The van der Waals surface area contributed by atoms with Crippen molar-refractivity contribution in [1.29, 1.82) is 0 Å². The SMILES string of the molecule is CC(=O)O[C@H](C)CCN1C[C@H](N)[C@@H](OC(=O)c2ccccc2)[C@H](OC(C)=O)C1. The monoisotopic (exact) mass is 392 g/mol. The van der Waals surface area contributed by atoms with Gasteiger partial charge in [0, 0.05) is 33.5 Å². The number of rotatable bonds is 7. The van der Waals surface area contributed by atoms with Gasteiger partial charge in [-0.05, 0) is 25.5 Å². The Bertz CT molecular complexity index is 681. The quantitative estimate of drug-likeness (QED) is 0.543. The van der Waals surface area contributed by atoms with Gasteiger partial charge in [0.1, 0.15) is 6.10 Å². The van der Waals surface area contributed by atoms with Gasteiger partial charge in [0.2, 0.25) is 0 Å². The van der Waals surface area contributed by atoms with Crippen molar-refractivity contribution < 1.29 is 28.6 Å². The lowest BCUT2D eigenvalue weighted by Crippen LogP contribution is -2.61. The molecule has 1 aromatic carbocycles. The molecule has 1 aliphatic heterocycles. The van der Waals surface area contributed by atoms with Crippen LogP contribution in [0.1, 0.15) is 37.6 Å². The number of carbonyl (C=O) groups is 3. The second-order valence-corrected chi connectivity index (χ2v) is 7.02. The molecular weight excluding hydrogens is 364 g/mol. The summed E-state index contributed by atoms with van der Waals surface area (Å²) in [4.78, 5) is 37.0. The minimum atomic E-state index is -0.737. The molecule has 1 aliphatic rings. The van der Waals surface area contributed by atoms with Crippen LogP contribution in [0.3, 0.4) is 0 Å². The molecule has 4 atom stereocenters. The van der Waals surface area contributed by atoms with Gasteiger partial charge in [-0.3, -0.25) is 14.5 Å². The zero-order valence-electron chi connectivity index (χ0n) is 16.5. The van der Waals surface area contributed by atoms with E-state index in [4.69, 9.17) is 19.9 Å². The van der Waals surface area contributed by atoms with E-state index in [0.717, 1.165) is 0 Å². The number of nitrogens with two attached hydrogens (primary N) is 1. The lowest BCUT2D eigenvalue weighted by molar-refractivity contribution is -0.159. The van der Waals surface area contributed by atoms with E-state index in [1.807, 2.05) is 11.8 Å². The minimum absolute atomic E-state index is 0.227. The average molecular weight is 392 g/mol. The fraction of sp³-hybridized carbons (Fsp3) is 0.550. The number of carbonyl (C=O) groups excluding carboxylic acids is 3. The smallest absolute Gasteiger partial charge is 0.338 e. The maximum atomic E-state index is 12.4. The highest BCUT2D eigenvalue weighted by atomic mass is 16.6. The standard InChI is InChI=1S/C20H28N2O6/c1-13(26-14(2)23)9-10-22-11-17(21)19(18(12-22)27-15(3)24)28-20(25)16-7-5-4-6-8-16/h4-8,13,17-19H,9-12,21H2,1-3H3/t13-,17+,18-,19-/m1/s1. The lowest BCUT2D eigenvalue weighted by Gasteiger charge is -2.41. The van der Waals surface area contributed by atoms with Gasteiger partial charge < -0.3 is 19.9 Å². The normalized spacial score (nSPS) is 23.5. The van der Waals surface area contributed by atoms with Crippen molar-refractivity contribution in [3.8, 4) is 0 Å². The van der Waals surface area contributed by atoms with Gasteiger partial charge in [-0.1, -0.05) is 18.2 Å². The second kappa shape index (κ2) is 10.2. The van der Waals surface area contributed by atoms with E-state index < -0.39 is 30.2 Å². The Kier molecular flexibility index (Phi) is 7.95. The van der Waals surface area contributed by atoms with Gasteiger partial charge in [0.05, 0.1) is 11.6 Å². The van der Waals surface area contributed by atoms with E-state index in [2.05, 4.69) is 0 Å². The van der Waals surface area contributed by atoms with Crippen LogP contribution in [0.5, 0.6) is 0 Å². The Hall–Kier alpha value is -2.45. The van der Waals surface area contributed by atoms with Crippen molar-refractivity contribution in [2.75, 3.05) is 19.6 Å². The zero-order chi connectivity index (χ0) is 20.7. The minimum Gasteiger partial charge on any atom is -0.463 e. The summed E-state index contributed by atoms with van der Waals surface area (Å²) in [7, 11) is 0. The summed E-state index contributed by atoms with van der Waals surface area (Å²) in [6.45, 7) is 5.96. The van der Waals surface area contributed by atoms with Crippen LogP contribution in [0.15, 0.2) is 30.3 Å². The molecule has 1 fully saturated rings. The Morgan fingerprint density at radius 3 is 2.39 bits per heavy atom. The van der Waals surface area contributed by atoms with Crippen LogP contribution in [0.4, 0.5) is 0 Å². The lowest BCUT2D eigenvalue weighted by atomic mass is 9.99. The number of hydrogen-bond acceptors (Lipinski definition) is 8. The van der Waals surface area contributed by atoms with Gasteiger partial charge in [-0.15, -0.1) is 0 Å². The van der Waals surface area contributed by atoms with Gasteiger partial charge in [-0.25, -0.2) is 4.79 Å². The molecule has 1 saturated heterocycles. The third-order valence-electron chi connectivity index (χ3n) is 4.48. The molecule has 0 bridgehead atoms. The van der Waals surface area contributed by atoms with Crippen molar-refractivity contribution >= 4 is 17.9 Å². The van der Waals surface area contributed by atoms with Crippen molar-refractivity contribution in [2.24, 2.45) is 5.73 Å². The number of esters is 3. The molecule has 1 heterocycles. The predicted molar refractivity (Wildman–Crippen MR) is 101 cm³/mol. The Balaban J connectivity index is 2.01. The first-order valence-corrected chi connectivity index (χ1v) is 9.34. The van der Waals surface area contributed by atoms with Crippen LogP contribution in [-0.2, 0) is 23.8 Å². The van der Waals surface area contributed by atoms with E-state index in [1.165, 1.54) is 13.8 Å². The molecule has 8 nitrogen and oxygen atoms in total. The van der Waals surface area contributed by atoms with E-state index >= 15 is 0 Å². The Labute approximate surface area is 164 Å². The fourth-order valence-corrected chi connectivity index (χ4v) is 3.25. The van der Waals surface area contributed by atoms with Crippen LogP contribution in [0, 0.1) is 0 Å². The topological polar surface area (TPSA) is 108 Å². The summed E-state index contributed by atoms with van der Waals surface area (Å²) in [5.41, 5.74) is 6.66. The molecule has 0 aliphatic carbocycles. The molecule has 2 rings (SSSR count). The number of hydrogen-bond donors (Lipinski definition) is 1. The molecule has 0 amide bonds. The molecular formula is C20H28N2O6. The maximum Gasteiger partial charge on any atom is 0.338 e. The number of benzene rings is 1. The molecule has 154 valence electrons. The fourth-order valence-electron chi connectivity index (χ4n) is 3.25. The molecule has 1 aromatic rings. The van der Waals surface area contributed by atoms with Crippen molar-refractivity contribution in [3.63, 3.8) is 0 Å². The van der Waals surface area contributed by atoms with Gasteiger partial charge in [0.15, 0.2) is 12.2 Å². The van der Waals surface area contributed by atoms with Crippen molar-refractivity contribution in [1.82, 2.24) is 4.90 Å². The first-order chi connectivity index (χ1) is 13.3. The summed E-state index contributed by atoms with van der Waals surface area (Å²) in [6, 6.07) is 8.08. The highest BCUT2D eigenvalue weighted by Gasteiger charge is 2.40. The number of piperidine rings is 1. The number of nitrogens with zero attached hydrogens (tertiary/aromatic N) is 1. The van der Waals surface area contributed by atoms with Gasteiger partial charge in [0.25, 0.3) is 0 Å².